The number of carbonyl (C=O) groups excluding carboxylic acids is 2. The Kier molecular flexibility index (Phi) is 21.7. The van der Waals surface area contributed by atoms with Crippen molar-refractivity contribution in [2.24, 2.45) is 5.73 Å². The Balaban J connectivity index is 0.000000163. The predicted molar refractivity (Wildman–Crippen MR) is 291 cm³/mol. The number of nitriles is 1. The highest BCUT2D eigenvalue weighted by molar-refractivity contribution is 7.87. The standard InChI is InChI=1S/C16H22N6O2S.C14H21N3O2.C9H13N3.C9H18N2O2.C5H4FN/c17-13-19-7-4-14(11-19)21-9-10-22(25(21,23)24)15-5-8-20(12-15)16-3-1-2-6-18-16;1-14(2,3)19-13(18)16-11-7-9-17(10-11)12-6-4-5-8-15-12;10-8-4-6-12(7-8)9-3-1-2-5-11-9;1-9(2,3)13-8(12)11-7-4-5-10-6-7;6-5-3-1-2-4-7-5/h1-3,6,14-15H,4-5,7-12H2;4-6,8,11H,7,9-10H2,1-3H3,(H,16,18);1-3,5,8H,4,6-7,10H2;7,10H,4-6H2,1-3H3,(H,11,12);1-4H/t14-,15?;;;;/m1..../s1. The number of nitrogens with one attached hydrogen (secondary N) is 3. The molecule has 21 nitrogen and oxygen atoms in total. The molecule has 5 N–H and O–H groups in total. The second kappa shape index (κ2) is 28.1. The highest BCUT2D eigenvalue weighted by atomic mass is 32.2. The summed E-state index contributed by atoms with van der Waals surface area (Å²) in [6, 6.07) is 22.8. The number of amides is 2. The van der Waals surface area contributed by atoms with E-state index in [1.54, 1.807) is 38.0 Å². The number of anilines is 3. The lowest BCUT2D eigenvalue weighted by molar-refractivity contribution is 0.0497. The molecule has 4 aromatic heterocycles. The lowest BCUT2D eigenvalue weighted by Crippen LogP contribution is -2.45. The summed E-state index contributed by atoms with van der Waals surface area (Å²) < 4.78 is 51.5. The Labute approximate surface area is 448 Å². The third-order valence-electron chi connectivity index (χ3n) is 12.9. The zero-order valence-electron chi connectivity index (χ0n) is 44.9. The monoisotopic (exact) mass is 1070 g/mol. The topological polar surface area (TPSA) is 244 Å². The molecule has 4 aromatic rings. The summed E-state index contributed by atoms with van der Waals surface area (Å²) in [6.07, 6.45) is 12.8. The summed E-state index contributed by atoms with van der Waals surface area (Å²) in [6.45, 7) is 20.3. The summed E-state index contributed by atoms with van der Waals surface area (Å²) in [4.78, 5) is 47.4. The minimum absolute atomic E-state index is 0.00882. The van der Waals surface area contributed by atoms with Crippen LogP contribution in [0.1, 0.15) is 73.6 Å². The van der Waals surface area contributed by atoms with Gasteiger partial charge in [-0.05, 0) is 129 Å². The fraction of sp³-hybridized carbons (Fsp3) is 0.566. The minimum atomic E-state index is -3.45. The van der Waals surface area contributed by atoms with Gasteiger partial charge >= 0.3 is 12.2 Å². The Hall–Kier alpha value is -6.45. The summed E-state index contributed by atoms with van der Waals surface area (Å²) in [7, 11) is -3.45. The first-order valence-electron chi connectivity index (χ1n) is 26.2. The van der Waals surface area contributed by atoms with Crippen LogP contribution in [0.15, 0.2) is 97.6 Å². The van der Waals surface area contributed by atoms with Gasteiger partial charge in [0.05, 0.1) is 6.04 Å². The van der Waals surface area contributed by atoms with Crippen LogP contribution in [0.5, 0.6) is 0 Å². The molecule has 0 spiro atoms. The molecule has 6 fully saturated rings. The number of carbonyl (C=O) groups is 2. The Morgan fingerprint density at radius 2 is 1.11 bits per heavy atom. The third kappa shape index (κ3) is 19.0. The molecule has 5 atom stereocenters. The number of pyridine rings is 4. The smallest absolute Gasteiger partial charge is 0.407 e. The van der Waals surface area contributed by atoms with E-state index in [0.29, 0.717) is 38.8 Å². The first-order chi connectivity index (χ1) is 36.3. The number of hydrogen-bond acceptors (Lipinski definition) is 17. The number of hydrogen-bond donors (Lipinski definition) is 4. The molecule has 6 saturated heterocycles. The van der Waals surface area contributed by atoms with Gasteiger partial charge in [-0.2, -0.15) is 26.7 Å². The predicted octanol–water partition coefficient (Wildman–Crippen LogP) is 4.98. The van der Waals surface area contributed by atoms with Crippen LogP contribution in [0, 0.1) is 17.4 Å². The first-order valence-corrected chi connectivity index (χ1v) is 27.6. The van der Waals surface area contributed by atoms with Crippen LogP contribution in [-0.4, -0.2) is 174 Å². The molecule has 0 saturated carbocycles. The number of aromatic nitrogens is 4. The molecule has 76 heavy (non-hydrogen) atoms. The van der Waals surface area contributed by atoms with Gasteiger partial charge < -0.3 is 50.8 Å². The summed E-state index contributed by atoms with van der Waals surface area (Å²) in [5.41, 5.74) is 4.93. The Bertz CT molecular complexity index is 2520. The van der Waals surface area contributed by atoms with E-state index in [4.69, 9.17) is 20.5 Å². The molecular weight excluding hydrogens is 994 g/mol. The van der Waals surface area contributed by atoms with Gasteiger partial charge in [0.1, 0.15) is 28.7 Å². The number of alkyl carbamates (subject to hydrolysis) is 2. The van der Waals surface area contributed by atoms with Crippen molar-refractivity contribution in [3.8, 4) is 6.19 Å². The van der Waals surface area contributed by atoms with Crippen LogP contribution in [0.4, 0.5) is 31.4 Å². The van der Waals surface area contributed by atoms with E-state index in [9.17, 15) is 22.4 Å². The summed E-state index contributed by atoms with van der Waals surface area (Å²) in [5.74, 6) is 2.47. The van der Waals surface area contributed by atoms with E-state index in [1.165, 1.54) is 12.3 Å². The van der Waals surface area contributed by atoms with Crippen LogP contribution in [-0.2, 0) is 19.7 Å². The van der Waals surface area contributed by atoms with Gasteiger partial charge in [-0.1, -0.05) is 24.3 Å². The number of ether oxygens (including phenoxy) is 2. The fourth-order valence-electron chi connectivity index (χ4n) is 9.33. The lowest BCUT2D eigenvalue weighted by atomic mass is 10.2. The molecule has 10 rings (SSSR count). The maximum absolute atomic E-state index is 13.0. The molecule has 6 aliphatic rings. The molecule has 0 radical (unpaired) electrons. The van der Waals surface area contributed by atoms with Gasteiger partial charge in [-0.25, -0.2) is 29.5 Å². The second-order valence-corrected chi connectivity index (χ2v) is 23.1. The Morgan fingerprint density at radius 3 is 1.53 bits per heavy atom. The van der Waals surface area contributed by atoms with Gasteiger partial charge in [0.25, 0.3) is 10.2 Å². The SMILES string of the molecule is CC(C)(C)OC(=O)NC1CCN(c2ccccn2)C1.CC(C)(C)OC(=O)NC1CCNC1.Fc1ccccn1.N#CN1CC[C@@H](N2CCN(C3CCN(c4ccccn4)C3)S2(=O)=O)C1.NC1CCN(c2ccccn2)C1. The van der Waals surface area contributed by atoms with Crippen molar-refractivity contribution in [2.45, 2.75) is 115 Å². The lowest BCUT2D eigenvalue weighted by Gasteiger charge is -2.26. The van der Waals surface area contributed by atoms with Gasteiger partial charge in [0, 0.05) is 121 Å². The van der Waals surface area contributed by atoms with Crippen LogP contribution in [0.2, 0.25) is 0 Å². The zero-order valence-corrected chi connectivity index (χ0v) is 45.7. The number of halogens is 1. The van der Waals surface area contributed by atoms with E-state index in [-0.39, 0.29) is 36.4 Å². The van der Waals surface area contributed by atoms with Crippen molar-refractivity contribution < 1.29 is 31.9 Å². The normalized spacial score (nSPS) is 23.1. The molecule has 2 amide bonds. The van der Waals surface area contributed by atoms with E-state index in [1.807, 2.05) is 102 Å². The molecule has 6 aliphatic heterocycles. The largest absolute Gasteiger partial charge is 0.444 e. The van der Waals surface area contributed by atoms with Crippen molar-refractivity contribution >= 4 is 39.8 Å². The highest BCUT2D eigenvalue weighted by Crippen LogP contribution is 2.31. The number of likely N-dealkylation sites (tertiary alicyclic amines) is 1. The summed E-state index contributed by atoms with van der Waals surface area (Å²) in [5, 5.41) is 17.9. The maximum Gasteiger partial charge on any atom is 0.407 e. The minimum Gasteiger partial charge on any atom is -0.444 e. The number of nitrogens with two attached hydrogens (primary N) is 1. The van der Waals surface area contributed by atoms with Gasteiger partial charge in [-0.3, -0.25) is 0 Å². The fourth-order valence-corrected chi connectivity index (χ4v) is 11.3. The van der Waals surface area contributed by atoms with Crippen LogP contribution < -0.4 is 36.4 Å². The quantitative estimate of drug-likeness (QED) is 0.141. The van der Waals surface area contributed by atoms with Gasteiger partial charge in [0.2, 0.25) is 5.95 Å². The van der Waals surface area contributed by atoms with Crippen LogP contribution in [0.3, 0.4) is 0 Å². The van der Waals surface area contributed by atoms with E-state index in [0.717, 1.165) is 95.4 Å². The molecule has 0 aliphatic carbocycles. The van der Waals surface area contributed by atoms with E-state index < -0.39 is 27.4 Å². The average Bonchev–Trinajstić information content (AvgIpc) is 4.28. The first kappa shape index (κ1) is 58.8. The van der Waals surface area contributed by atoms with Gasteiger partial charge in [-0.15, -0.1) is 0 Å². The third-order valence-corrected chi connectivity index (χ3v) is 15.0. The number of rotatable bonds is 7. The van der Waals surface area contributed by atoms with Crippen molar-refractivity contribution in [1.29, 1.82) is 5.26 Å². The molecule has 414 valence electrons. The highest BCUT2D eigenvalue weighted by Gasteiger charge is 2.47. The number of nitrogens with zero attached hydrogens (tertiary/aromatic N) is 11. The maximum atomic E-state index is 13.0. The van der Waals surface area contributed by atoms with Crippen molar-refractivity contribution in [2.75, 3.05) is 93.2 Å². The van der Waals surface area contributed by atoms with Crippen molar-refractivity contribution in [1.82, 2.24) is 49.4 Å². The van der Waals surface area contributed by atoms with Crippen molar-refractivity contribution in [3.63, 3.8) is 0 Å². The zero-order chi connectivity index (χ0) is 54.7. The second-order valence-electron chi connectivity index (χ2n) is 21.2. The molecular formula is C53H78FN15O6S. The average molecular weight is 1070 g/mol. The van der Waals surface area contributed by atoms with E-state index in [2.05, 4.69) is 56.8 Å². The molecule has 0 aromatic carbocycles. The van der Waals surface area contributed by atoms with Crippen LogP contribution in [0.25, 0.3) is 0 Å². The summed E-state index contributed by atoms with van der Waals surface area (Å²) >= 11 is 0. The van der Waals surface area contributed by atoms with E-state index >= 15 is 0 Å². The molecule has 0 bridgehead atoms. The van der Waals surface area contributed by atoms with Gasteiger partial charge in [0.15, 0.2) is 6.19 Å². The molecule has 23 heteroatoms. The van der Waals surface area contributed by atoms with Crippen LogP contribution >= 0.6 is 0 Å². The molecule has 4 unspecified atom stereocenters. The van der Waals surface area contributed by atoms with Crippen molar-refractivity contribution in [3.05, 3.63) is 104 Å². The Morgan fingerprint density at radius 1 is 0.632 bits per heavy atom. The molecule has 10 heterocycles.